The first-order valence-corrected chi connectivity index (χ1v) is 11.2. The number of aromatic hydroxyl groups is 1. The van der Waals surface area contributed by atoms with E-state index in [-0.39, 0.29) is 19.0 Å². The van der Waals surface area contributed by atoms with E-state index < -0.39 is 23.9 Å². The van der Waals surface area contributed by atoms with Gasteiger partial charge in [0.25, 0.3) is 0 Å². The Morgan fingerprint density at radius 3 is 2.54 bits per heavy atom. The zero-order valence-electron chi connectivity index (χ0n) is 19.2. The number of ether oxygens (including phenoxy) is 2. The molecule has 1 amide bonds. The van der Waals surface area contributed by atoms with Crippen molar-refractivity contribution in [2.75, 3.05) is 18.5 Å². The van der Waals surface area contributed by atoms with Crippen LogP contribution in [-0.2, 0) is 19.1 Å². The first-order chi connectivity index (χ1) is 16.8. The Morgan fingerprint density at radius 1 is 1.11 bits per heavy atom. The molecule has 1 aliphatic rings. The summed E-state index contributed by atoms with van der Waals surface area (Å²) in [6.45, 7) is 3.57. The highest BCUT2D eigenvalue weighted by molar-refractivity contribution is 7.80. The van der Waals surface area contributed by atoms with Crippen LogP contribution >= 0.6 is 12.2 Å². The summed E-state index contributed by atoms with van der Waals surface area (Å²) in [5.74, 6) is -1.40. The second kappa shape index (κ2) is 11.8. The third kappa shape index (κ3) is 6.90. The Hall–Kier alpha value is -4.18. The maximum atomic E-state index is 12.8. The Morgan fingerprint density at radius 2 is 1.86 bits per heavy atom. The van der Waals surface area contributed by atoms with E-state index in [0.717, 1.165) is 0 Å². The van der Waals surface area contributed by atoms with Gasteiger partial charge in [-0.15, -0.1) is 0 Å². The molecular formula is C25H25N3O6S. The first-order valence-electron chi connectivity index (χ1n) is 10.8. The number of allylic oxidation sites excluding steroid dienone is 1. The zero-order valence-corrected chi connectivity index (χ0v) is 20.0. The van der Waals surface area contributed by atoms with Crippen LogP contribution in [0.1, 0.15) is 35.8 Å². The summed E-state index contributed by atoms with van der Waals surface area (Å²) < 4.78 is 10.3. The molecule has 0 spiro atoms. The van der Waals surface area contributed by atoms with E-state index in [1.807, 2.05) is 0 Å². The van der Waals surface area contributed by atoms with Crippen LogP contribution in [0.25, 0.3) is 0 Å². The molecule has 1 heterocycles. The van der Waals surface area contributed by atoms with Gasteiger partial charge < -0.3 is 30.5 Å². The highest BCUT2D eigenvalue weighted by atomic mass is 32.1. The molecule has 10 heteroatoms. The molecule has 0 saturated heterocycles. The molecule has 0 saturated carbocycles. The Balaban J connectivity index is 1.57. The number of benzene rings is 2. The van der Waals surface area contributed by atoms with Gasteiger partial charge in [0.15, 0.2) is 5.11 Å². The fraction of sp³-hybridized carbons (Fsp3) is 0.200. The average Bonchev–Trinajstić information content (AvgIpc) is 2.82. The van der Waals surface area contributed by atoms with Crippen molar-refractivity contribution in [1.29, 1.82) is 0 Å². The van der Waals surface area contributed by atoms with Crippen LogP contribution in [0.2, 0.25) is 0 Å². The van der Waals surface area contributed by atoms with E-state index in [9.17, 15) is 19.5 Å². The molecule has 2 aromatic rings. The van der Waals surface area contributed by atoms with Crippen LogP contribution < -0.4 is 16.0 Å². The molecule has 1 unspecified atom stereocenters. The molecule has 0 aromatic heterocycles. The van der Waals surface area contributed by atoms with Crippen molar-refractivity contribution >= 4 is 40.9 Å². The van der Waals surface area contributed by atoms with Gasteiger partial charge >= 0.3 is 11.9 Å². The summed E-state index contributed by atoms with van der Waals surface area (Å²) in [5.41, 5.74) is 2.36. The summed E-state index contributed by atoms with van der Waals surface area (Å²) in [6, 6.07) is 12.2. The van der Waals surface area contributed by atoms with Gasteiger partial charge in [-0.05, 0) is 74.1 Å². The predicted molar refractivity (Wildman–Crippen MR) is 134 cm³/mol. The number of amides is 1. The lowest BCUT2D eigenvalue weighted by Gasteiger charge is -2.29. The summed E-state index contributed by atoms with van der Waals surface area (Å²) in [4.78, 5) is 36.6. The molecule has 4 N–H and O–H groups in total. The minimum absolute atomic E-state index is 0.0589. The number of carbonyl (C=O) groups excluding carboxylic acids is 3. The number of hydrogen-bond acceptors (Lipinski definition) is 7. The monoisotopic (exact) mass is 495 g/mol. The van der Waals surface area contributed by atoms with E-state index >= 15 is 0 Å². The van der Waals surface area contributed by atoms with Gasteiger partial charge in [0.05, 0.1) is 23.8 Å². The standard InChI is InChI=1S/C25H25N3O6S/c1-3-33-23(31)16-9-11-18(12-10-16)27-20(30)8-5-13-34-24(32)21-15(2)26-25(35)28-22(21)17-6-4-7-19(29)14-17/h4-12,14,22,29H,3,13H2,1-2H3,(H,27,30)(H2,26,28,35)/b8-5+. The Kier molecular flexibility index (Phi) is 8.58. The fourth-order valence-electron chi connectivity index (χ4n) is 3.36. The van der Waals surface area contributed by atoms with Crippen LogP contribution in [0, 0.1) is 0 Å². The Bertz CT molecular complexity index is 1190. The fourth-order valence-corrected chi connectivity index (χ4v) is 3.63. The number of hydrogen-bond donors (Lipinski definition) is 4. The zero-order chi connectivity index (χ0) is 25.4. The van der Waals surface area contributed by atoms with Gasteiger partial charge in [0.1, 0.15) is 12.4 Å². The topological polar surface area (TPSA) is 126 Å². The SMILES string of the molecule is CCOC(=O)c1ccc(NC(=O)/C=C/COC(=O)C2=C(C)NC(=S)NC2c2cccc(O)c2)cc1. The molecule has 35 heavy (non-hydrogen) atoms. The van der Waals surface area contributed by atoms with Crippen molar-refractivity contribution in [3.8, 4) is 5.75 Å². The molecule has 0 aliphatic carbocycles. The van der Waals surface area contributed by atoms with Crippen LogP contribution in [0.3, 0.4) is 0 Å². The molecule has 182 valence electrons. The molecule has 3 rings (SSSR count). The van der Waals surface area contributed by atoms with Crippen molar-refractivity contribution in [2.24, 2.45) is 0 Å². The van der Waals surface area contributed by atoms with Crippen LogP contribution in [0.4, 0.5) is 5.69 Å². The second-order valence-electron chi connectivity index (χ2n) is 7.45. The molecule has 0 bridgehead atoms. The minimum atomic E-state index is -0.604. The summed E-state index contributed by atoms with van der Waals surface area (Å²) in [6.07, 6.45) is 2.65. The molecule has 1 atom stereocenters. The summed E-state index contributed by atoms with van der Waals surface area (Å²) in [5, 5.41) is 18.7. The second-order valence-corrected chi connectivity index (χ2v) is 7.86. The van der Waals surface area contributed by atoms with Crippen molar-refractivity contribution in [2.45, 2.75) is 19.9 Å². The first kappa shape index (κ1) is 25.4. The van der Waals surface area contributed by atoms with E-state index in [0.29, 0.717) is 33.2 Å². The Labute approximate surface area is 207 Å². The van der Waals surface area contributed by atoms with Crippen molar-refractivity contribution < 1.29 is 29.0 Å². The largest absolute Gasteiger partial charge is 0.508 e. The van der Waals surface area contributed by atoms with E-state index in [1.54, 1.807) is 50.2 Å². The molecular weight excluding hydrogens is 470 g/mol. The van der Waals surface area contributed by atoms with Gasteiger partial charge in [-0.2, -0.15) is 0 Å². The number of thiocarbonyl (C=S) groups is 1. The van der Waals surface area contributed by atoms with Gasteiger partial charge in [-0.25, -0.2) is 9.59 Å². The highest BCUT2D eigenvalue weighted by Crippen LogP contribution is 2.29. The quantitative estimate of drug-likeness (QED) is 0.248. The van der Waals surface area contributed by atoms with Gasteiger partial charge in [0.2, 0.25) is 5.91 Å². The van der Waals surface area contributed by atoms with Crippen LogP contribution in [0.15, 0.2) is 72.0 Å². The number of anilines is 1. The minimum Gasteiger partial charge on any atom is -0.508 e. The lowest BCUT2D eigenvalue weighted by molar-refractivity contribution is -0.138. The smallest absolute Gasteiger partial charge is 0.338 e. The van der Waals surface area contributed by atoms with Gasteiger partial charge in [-0.1, -0.05) is 12.1 Å². The lowest BCUT2D eigenvalue weighted by Crippen LogP contribution is -2.45. The third-order valence-corrected chi connectivity index (χ3v) is 5.16. The number of esters is 2. The number of phenols is 1. The van der Waals surface area contributed by atoms with Crippen LogP contribution in [0.5, 0.6) is 5.75 Å². The molecule has 9 nitrogen and oxygen atoms in total. The van der Waals surface area contributed by atoms with Gasteiger partial charge in [-0.3, -0.25) is 4.79 Å². The maximum Gasteiger partial charge on any atom is 0.338 e. The number of rotatable bonds is 8. The molecule has 1 aliphatic heterocycles. The van der Waals surface area contributed by atoms with Crippen molar-refractivity contribution in [1.82, 2.24) is 10.6 Å². The molecule has 0 radical (unpaired) electrons. The summed E-state index contributed by atoms with van der Waals surface area (Å²) in [7, 11) is 0. The van der Waals surface area contributed by atoms with Gasteiger partial charge in [0, 0.05) is 17.5 Å². The van der Waals surface area contributed by atoms with E-state index in [1.165, 1.54) is 24.3 Å². The number of phenolic OH excluding ortho intramolecular Hbond substituents is 1. The lowest BCUT2D eigenvalue weighted by atomic mass is 9.95. The van der Waals surface area contributed by atoms with E-state index in [4.69, 9.17) is 21.7 Å². The molecule has 2 aromatic carbocycles. The van der Waals surface area contributed by atoms with Crippen molar-refractivity contribution in [3.05, 3.63) is 83.1 Å². The van der Waals surface area contributed by atoms with Crippen molar-refractivity contribution in [3.63, 3.8) is 0 Å². The summed E-state index contributed by atoms with van der Waals surface area (Å²) >= 11 is 5.20. The highest BCUT2D eigenvalue weighted by Gasteiger charge is 2.31. The normalized spacial score (nSPS) is 15.3. The number of nitrogens with one attached hydrogen (secondary N) is 3. The maximum absolute atomic E-state index is 12.8. The van der Waals surface area contributed by atoms with E-state index in [2.05, 4.69) is 16.0 Å². The third-order valence-electron chi connectivity index (χ3n) is 4.94. The average molecular weight is 496 g/mol. The molecule has 0 fully saturated rings. The van der Waals surface area contributed by atoms with Crippen LogP contribution in [-0.4, -0.2) is 41.3 Å². The predicted octanol–water partition coefficient (Wildman–Crippen LogP) is 3.10. The number of carbonyl (C=O) groups is 3.